The van der Waals surface area contributed by atoms with Gasteiger partial charge in [0.25, 0.3) is 0 Å². The molecule has 0 aromatic carbocycles. The van der Waals surface area contributed by atoms with Gasteiger partial charge in [-0.05, 0) is 12.5 Å². The standard InChI is InChI=1S/C7H7Cl2NO/c1-4-2-10-7(9)5(3-11)6(4)8/h2,11H,3H2,1H3. The van der Waals surface area contributed by atoms with Crippen molar-refractivity contribution in [2.45, 2.75) is 13.5 Å². The van der Waals surface area contributed by atoms with Crippen LogP contribution >= 0.6 is 23.2 Å². The quantitative estimate of drug-likeness (QED) is 0.691. The van der Waals surface area contributed by atoms with Gasteiger partial charge < -0.3 is 5.11 Å². The van der Waals surface area contributed by atoms with E-state index in [9.17, 15) is 0 Å². The van der Waals surface area contributed by atoms with Gasteiger partial charge in [-0.1, -0.05) is 23.2 Å². The maximum absolute atomic E-state index is 8.81. The van der Waals surface area contributed by atoms with Crippen molar-refractivity contribution < 1.29 is 5.11 Å². The summed E-state index contributed by atoms with van der Waals surface area (Å²) in [5.41, 5.74) is 1.31. The summed E-state index contributed by atoms with van der Waals surface area (Å²) in [5, 5.41) is 9.57. The van der Waals surface area contributed by atoms with E-state index in [4.69, 9.17) is 28.3 Å². The Morgan fingerprint density at radius 3 is 2.64 bits per heavy atom. The van der Waals surface area contributed by atoms with Crippen LogP contribution in [0.1, 0.15) is 11.1 Å². The molecule has 1 N–H and O–H groups in total. The molecule has 11 heavy (non-hydrogen) atoms. The molecular formula is C7H7Cl2NO. The number of halogens is 2. The smallest absolute Gasteiger partial charge is 0.136 e. The highest BCUT2D eigenvalue weighted by atomic mass is 35.5. The van der Waals surface area contributed by atoms with Crippen LogP contribution in [0.15, 0.2) is 6.20 Å². The van der Waals surface area contributed by atoms with Gasteiger partial charge >= 0.3 is 0 Å². The third-order valence-corrected chi connectivity index (χ3v) is 2.24. The first-order valence-corrected chi connectivity index (χ1v) is 3.82. The Kier molecular flexibility index (Phi) is 2.71. The third-order valence-electron chi connectivity index (χ3n) is 1.39. The van der Waals surface area contributed by atoms with Crippen molar-refractivity contribution in [1.29, 1.82) is 0 Å². The lowest BCUT2D eigenvalue weighted by Crippen LogP contribution is -1.92. The van der Waals surface area contributed by atoms with Crippen LogP contribution in [0.25, 0.3) is 0 Å². The monoisotopic (exact) mass is 191 g/mol. The molecule has 1 aromatic rings. The fourth-order valence-corrected chi connectivity index (χ4v) is 1.20. The molecule has 4 heteroatoms. The third kappa shape index (κ3) is 1.64. The summed E-state index contributed by atoms with van der Waals surface area (Å²) in [5.74, 6) is 0. The molecule has 0 fully saturated rings. The number of aromatic nitrogens is 1. The van der Waals surface area contributed by atoms with Crippen molar-refractivity contribution in [3.8, 4) is 0 Å². The van der Waals surface area contributed by atoms with Crippen LogP contribution in [0.3, 0.4) is 0 Å². The van der Waals surface area contributed by atoms with E-state index in [0.717, 1.165) is 5.56 Å². The molecule has 0 atom stereocenters. The number of aryl methyl sites for hydroxylation is 1. The highest BCUT2D eigenvalue weighted by Crippen LogP contribution is 2.25. The molecule has 0 aliphatic carbocycles. The van der Waals surface area contributed by atoms with E-state index in [-0.39, 0.29) is 11.8 Å². The number of aliphatic hydroxyl groups is 1. The fraction of sp³-hybridized carbons (Fsp3) is 0.286. The van der Waals surface area contributed by atoms with Gasteiger partial charge in [0.1, 0.15) is 5.15 Å². The SMILES string of the molecule is Cc1cnc(Cl)c(CO)c1Cl. The summed E-state index contributed by atoms with van der Waals surface area (Å²) in [7, 11) is 0. The normalized spacial score (nSPS) is 10.2. The Balaban J connectivity index is 3.29. The molecule has 1 aromatic heterocycles. The van der Waals surface area contributed by atoms with Gasteiger partial charge in [-0.25, -0.2) is 4.98 Å². The van der Waals surface area contributed by atoms with E-state index in [1.807, 2.05) is 6.92 Å². The number of aliphatic hydroxyl groups excluding tert-OH is 1. The molecule has 2 nitrogen and oxygen atoms in total. The fourth-order valence-electron chi connectivity index (χ4n) is 0.751. The first-order valence-electron chi connectivity index (χ1n) is 3.07. The predicted molar refractivity (Wildman–Crippen MR) is 44.9 cm³/mol. The summed E-state index contributed by atoms with van der Waals surface area (Å²) >= 11 is 11.5. The Bertz CT molecular complexity index is 275. The van der Waals surface area contributed by atoms with Crippen LogP contribution in [0.4, 0.5) is 0 Å². The first-order chi connectivity index (χ1) is 5.16. The molecular weight excluding hydrogens is 185 g/mol. The van der Waals surface area contributed by atoms with Crippen LogP contribution in [0.5, 0.6) is 0 Å². The first kappa shape index (κ1) is 8.78. The summed E-state index contributed by atoms with van der Waals surface area (Å²) in [4.78, 5) is 3.83. The van der Waals surface area contributed by atoms with Gasteiger partial charge in [-0.2, -0.15) is 0 Å². The number of pyridine rings is 1. The van der Waals surface area contributed by atoms with Gasteiger partial charge in [0.05, 0.1) is 11.6 Å². The largest absolute Gasteiger partial charge is 0.392 e. The van der Waals surface area contributed by atoms with Crippen molar-refractivity contribution in [2.75, 3.05) is 0 Å². The summed E-state index contributed by atoms with van der Waals surface area (Å²) < 4.78 is 0. The number of hydrogen-bond donors (Lipinski definition) is 1. The second kappa shape index (κ2) is 3.39. The van der Waals surface area contributed by atoms with E-state index in [1.54, 1.807) is 6.20 Å². The lowest BCUT2D eigenvalue weighted by atomic mass is 10.2. The Hall–Kier alpha value is -0.310. The van der Waals surface area contributed by atoms with Crippen molar-refractivity contribution in [1.82, 2.24) is 4.98 Å². The minimum atomic E-state index is -0.174. The van der Waals surface area contributed by atoms with Crippen LogP contribution < -0.4 is 0 Å². The van der Waals surface area contributed by atoms with Gasteiger partial charge in [0, 0.05) is 11.8 Å². The van der Waals surface area contributed by atoms with Crippen molar-refractivity contribution in [3.63, 3.8) is 0 Å². The van der Waals surface area contributed by atoms with E-state index in [2.05, 4.69) is 4.98 Å². The zero-order chi connectivity index (χ0) is 8.43. The molecule has 0 spiro atoms. The molecule has 0 aliphatic heterocycles. The molecule has 0 bridgehead atoms. The van der Waals surface area contributed by atoms with Gasteiger partial charge in [0.15, 0.2) is 0 Å². The zero-order valence-corrected chi connectivity index (χ0v) is 7.45. The molecule has 0 amide bonds. The molecule has 0 aliphatic rings. The molecule has 0 saturated carbocycles. The highest BCUT2D eigenvalue weighted by Gasteiger charge is 2.07. The Morgan fingerprint density at radius 2 is 2.18 bits per heavy atom. The zero-order valence-electron chi connectivity index (χ0n) is 5.93. The number of nitrogens with zero attached hydrogens (tertiary/aromatic N) is 1. The summed E-state index contributed by atoms with van der Waals surface area (Å²) in [6.45, 7) is 1.64. The van der Waals surface area contributed by atoms with Gasteiger partial charge in [-0.15, -0.1) is 0 Å². The van der Waals surface area contributed by atoms with Crippen LogP contribution in [0.2, 0.25) is 10.2 Å². The van der Waals surface area contributed by atoms with E-state index < -0.39 is 0 Å². The second-order valence-corrected chi connectivity index (χ2v) is 2.92. The topological polar surface area (TPSA) is 33.1 Å². The minimum Gasteiger partial charge on any atom is -0.392 e. The number of rotatable bonds is 1. The van der Waals surface area contributed by atoms with Crippen LogP contribution in [-0.4, -0.2) is 10.1 Å². The molecule has 0 radical (unpaired) electrons. The molecule has 1 rings (SSSR count). The summed E-state index contributed by atoms with van der Waals surface area (Å²) in [6, 6.07) is 0. The number of hydrogen-bond acceptors (Lipinski definition) is 2. The average Bonchev–Trinajstić information content (AvgIpc) is 1.99. The van der Waals surface area contributed by atoms with E-state index in [0.29, 0.717) is 10.6 Å². The lowest BCUT2D eigenvalue weighted by Gasteiger charge is -2.04. The van der Waals surface area contributed by atoms with E-state index >= 15 is 0 Å². The Labute approximate surface area is 74.8 Å². The van der Waals surface area contributed by atoms with Crippen molar-refractivity contribution >= 4 is 23.2 Å². The molecule has 0 unspecified atom stereocenters. The van der Waals surface area contributed by atoms with Crippen LogP contribution in [0, 0.1) is 6.92 Å². The van der Waals surface area contributed by atoms with E-state index in [1.165, 1.54) is 0 Å². The van der Waals surface area contributed by atoms with Gasteiger partial charge in [0.2, 0.25) is 0 Å². The van der Waals surface area contributed by atoms with Crippen molar-refractivity contribution in [3.05, 3.63) is 27.5 Å². The molecule has 1 heterocycles. The maximum atomic E-state index is 8.81. The Morgan fingerprint density at radius 1 is 1.55 bits per heavy atom. The lowest BCUT2D eigenvalue weighted by molar-refractivity contribution is 0.281. The minimum absolute atomic E-state index is 0.174. The second-order valence-electron chi connectivity index (χ2n) is 2.18. The van der Waals surface area contributed by atoms with Gasteiger partial charge in [-0.3, -0.25) is 0 Å². The van der Waals surface area contributed by atoms with Crippen LogP contribution in [-0.2, 0) is 6.61 Å². The predicted octanol–water partition coefficient (Wildman–Crippen LogP) is 2.19. The van der Waals surface area contributed by atoms with Crippen molar-refractivity contribution in [2.24, 2.45) is 0 Å². The molecule has 60 valence electrons. The highest BCUT2D eigenvalue weighted by molar-refractivity contribution is 6.35. The average molecular weight is 192 g/mol. The summed E-state index contributed by atoms with van der Waals surface area (Å²) in [6.07, 6.45) is 1.57. The molecule has 0 saturated heterocycles. The maximum Gasteiger partial charge on any atom is 0.136 e.